The molecule has 1 heterocycles. The molecule has 1 aromatic carbocycles. The molecule has 2 N–H and O–H groups in total. The molecule has 1 aromatic rings. The molecule has 0 unspecified atom stereocenters. The second-order valence-electron chi connectivity index (χ2n) is 4.75. The molecule has 104 valence electrons. The fourth-order valence-corrected chi connectivity index (χ4v) is 2.19. The molecule has 0 aliphatic carbocycles. The van der Waals surface area contributed by atoms with Crippen molar-refractivity contribution in [2.24, 2.45) is 0 Å². The zero-order valence-electron chi connectivity index (χ0n) is 11.1. The van der Waals surface area contributed by atoms with Crippen LogP contribution in [0.4, 0.5) is 0 Å². The predicted octanol–water partition coefficient (Wildman–Crippen LogP) is 0.378. The minimum absolute atomic E-state index is 0.0239. The van der Waals surface area contributed by atoms with Crippen LogP contribution in [0.1, 0.15) is 12.0 Å². The first-order valence-electron chi connectivity index (χ1n) is 6.50. The Kier molecular flexibility index (Phi) is 4.76. The lowest BCUT2D eigenvalue weighted by Crippen LogP contribution is -2.26. The van der Waals surface area contributed by atoms with Gasteiger partial charge in [0.25, 0.3) is 5.91 Å². The van der Waals surface area contributed by atoms with E-state index in [4.69, 9.17) is 4.74 Å². The molecule has 0 spiro atoms. The molecular weight excluding hydrogens is 244 g/mol. The Hall–Kier alpha value is -1.59. The minimum atomic E-state index is -0.223. The van der Waals surface area contributed by atoms with Crippen molar-refractivity contribution in [3.63, 3.8) is 0 Å². The van der Waals surface area contributed by atoms with Crippen LogP contribution in [0.15, 0.2) is 24.3 Å². The summed E-state index contributed by atoms with van der Waals surface area (Å²) < 4.78 is 5.53. The largest absolute Gasteiger partial charge is 0.483 e. The highest BCUT2D eigenvalue weighted by Crippen LogP contribution is 2.22. The normalized spacial score (nSPS) is 19.4. The number of likely N-dealkylation sites (tertiary alicyclic amines) is 1. The predicted molar refractivity (Wildman–Crippen MR) is 71.9 cm³/mol. The van der Waals surface area contributed by atoms with Gasteiger partial charge < -0.3 is 15.2 Å². The third-order valence-corrected chi connectivity index (χ3v) is 3.25. The summed E-state index contributed by atoms with van der Waals surface area (Å²) in [6, 6.07) is 7.70. The van der Waals surface area contributed by atoms with Crippen LogP contribution in [0.3, 0.4) is 0 Å². The Labute approximate surface area is 113 Å². The molecule has 5 nitrogen and oxygen atoms in total. The Bertz CT molecular complexity index is 436. The van der Waals surface area contributed by atoms with E-state index in [0.717, 1.165) is 30.8 Å². The molecule has 1 aliphatic heterocycles. The number of nitrogens with one attached hydrogen (secondary N) is 1. The number of β-amino-alcohol motifs (C(OH)–C–C–N with tert-alkyl or cyclic N) is 1. The van der Waals surface area contributed by atoms with Crippen LogP contribution in [-0.2, 0) is 11.3 Å². The van der Waals surface area contributed by atoms with Crippen molar-refractivity contribution in [1.29, 1.82) is 0 Å². The number of aliphatic hydroxyl groups excluding tert-OH is 1. The van der Waals surface area contributed by atoms with E-state index in [1.807, 2.05) is 24.3 Å². The van der Waals surface area contributed by atoms with E-state index < -0.39 is 0 Å². The first-order chi connectivity index (χ1) is 9.19. The molecule has 1 aliphatic rings. The van der Waals surface area contributed by atoms with E-state index in [2.05, 4.69) is 10.2 Å². The van der Waals surface area contributed by atoms with Gasteiger partial charge >= 0.3 is 0 Å². The highest BCUT2D eigenvalue weighted by Gasteiger charge is 2.21. The zero-order chi connectivity index (χ0) is 13.7. The smallest absolute Gasteiger partial charge is 0.257 e. The second-order valence-corrected chi connectivity index (χ2v) is 4.75. The number of para-hydroxylation sites is 1. The van der Waals surface area contributed by atoms with E-state index in [1.165, 1.54) is 0 Å². The van der Waals surface area contributed by atoms with Gasteiger partial charge in [-0.1, -0.05) is 18.2 Å². The Morgan fingerprint density at radius 2 is 2.32 bits per heavy atom. The maximum Gasteiger partial charge on any atom is 0.257 e. The molecule has 19 heavy (non-hydrogen) atoms. The van der Waals surface area contributed by atoms with Gasteiger partial charge in [-0.2, -0.15) is 0 Å². The van der Waals surface area contributed by atoms with Gasteiger partial charge in [-0.3, -0.25) is 9.69 Å². The van der Waals surface area contributed by atoms with E-state index in [0.29, 0.717) is 6.54 Å². The van der Waals surface area contributed by atoms with E-state index in [9.17, 15) is 9.90 Å². The second kappa shape index (κ2) is 6.54. The molecule has 5 heteroatoms. The maximum atomic E-state index is 11.2. The van der Waals surface area contributed by atoms with Crippen molar-refractivity contribution in [2.45, 2.75) is 19.1 Å². The van der Waals surface area contributed by atoms with Crippen LogP contribution in [0.25, 0.3) is 0 Å². The van der Waals surface area contributed by atoms with Gasteiger partial charge in [0.15, 0.2) is 6.61 Å². The number of hydrogen-bond donors (Lipinski definition) is 2. The van der Waals surface area contributed by atoms with Crippen LogP contribution in [0.2, 0.25) is 0 Å². The first-order valence-corrected chi connectivity index (χ1v) is 6.50. The first kappa shape index (κ1) is 13.8. The molecule has 1 amide bonds. The standard InChI is InChI=1S/C14H20N2O3/c1-15-14(18)10-19-13-5-3-2-4-11(13)8-16-7-6-12(17)9-16/h2-5,12,17H,6-10H2,1H3,(H,15,18)/t12-/m1/s1. The summed E-state index contributed by atoms with van der Waals surface area (Å²) in [5, 5.41) is 12.1. The van der Waals surface area contributed by atoms with Crippen LogP contribution in [-0.4, -0.2) is 48.8 Å². The van der Waals surface area contributed by atoms with E-state index >= 15 is 0 Å². The van der Waals surface area contributed by atoms with Gasteiger partial charge in [-0.05, 0) is 12.5 Å². The molecule has 1 saturated heterocycles. The van der Waals surface area contributed by atoms with Crippen molar-refractivity contribution >= 4 is 5.91 Å². The summed E-state index contributed by atoms with van der Waals surface area (Å²) in [5.74, 6) is 0.582. The van der Waals surface area contributed by atoms with Crippen molar-refractivity contribution in [1.82, 2.24) is 10.2 Å². The summed E-state index contributed by atoms with van der Waals surface area (Å²) in [6.07, 6.45) is 0.598. The molecule has 1 fully saturated rings. The van der Waals surface area contributed by atoms with Gasteiger partial charge in [-0.25, -0.2) is 0 Å². The van der Waals surface area contributed by atoms with Gasteiger partial charge in [0.05, 0.1) is 6.10 Å². The number of carbonyl (C=O) groups excluding carboxylic acids is 1. The van der Waals surface area contributed by atoms with Crippen LogP contribution >= 0.6 is 0 Å². The fourth-order valence-electron chi connectivity index (χ4n) is 2.19. The van der Waals surface area contributed by atoms with Gasteiger partial charge in [0.1, 0.15) is 5.75 Å². The molecule has 0 radical (unpaired) electrons. The number of nitrogens with zero attached hydrogens (tertiary/aromatic N) is 1. The van der Waals surface area contributed by atoms with Crippen LogP contribution in [0, 0.1) is 0 Å². The Morgan fingerprint density at radius 3 is 3.00 bits per heavy atom. The highest BCUT2D eigenvalue weighted by molar-refractivity contribution is 5.77. The van der Waals surface area contributed by atoms with Gasteiger partial charge in [0.2, 0.25) is 0 Å². The molecule has 0 saturated carbocycles. The SMILES string of the molecule is CNC(=O)COc1ccccc1CN1CC[C@@H](O)C1. The van der Waals surface area contributed by atoms with Crippen molar-refractivity contribution in [3.8, 4) is 5.75 Å². The number of benzene rings is 1. The molecule has 0 aromatic heterocycles. The van der Waals surface area contributed by atoms with Crippen LogP contribution < -0.4 is 10.1 Å². The number of amides is 1. The minimum Gasteiger partial charge on any atom is -0.483 e. The Balaban J connectivity index is 1.97. The van der Waals surface area contributed by atoms with Gasteiger partial charge in [-0.15, -0.1) is 0 Å². The van der Waals surface area contributed by atoms with Gasteiger partial charge in [0, 0.05) is 32.2 Å². The summed E-state index contributed by atoms with van der Waals surface area (Å²) in [7, 11) is 1.59. The number of aliphatic hydroxyl groups is 1. The number of hydrogen-bond acceptors (Lipinski definition) is 4. The summed E-state index contributed by atoms with van der Waals surface area (Å²) in [4.78, 5) is 13.4. The monoisotopic (exact) mass is 264 g/mol. The fraction of sp³-hybridized carbons (Fsp3) is 0.500. The quantitative estimate of drug-likeness (QED) is 0.807. The topological polar surface area (TPSA) is 61.8 Å². The average molecular weight is 264 g/mol. The number of ether oxygens (including phenoxy) is 1. The number of carbonyl (C=O) groups is 1. The van der Waals surface area contributed by atoms with E-state index in [-0.39, 0.29) is 18.6 Å². The summed E-state index contributed by atoms with van der Waals surface area (Å²) in [6.45, 7) is 2.35. The molecule has 0 bridgehead atoms. The third-order valence-electron chi connectivity index (χ3n) is 3.25. The average Bonchev–Trinajstić information content (AvgIpc) is 2.83. The zero-order valence-corrected chi connectivity index (χ0v) is 11.1. The molecule has 2 rings (SSSR count). The lowest BCUT2D eigenvalue weighted by atomic mass is 10.2. The summed E-state index contributed by atoms with van der Waals surface area (Å²) in [5.41, 5.74) is 1.04. The van der Waals surface area contributed by atoms with Crippen molar-refractivity contribution in [2.75, 3.05) is 26.7 Å². The molecular formula is C14H20N2O3. The van der Waals surface area contributed by atoms with Crippen LogP contribution in [0.5, 0.6) is 5.75 Å². The third kappa shape index (κ3) is 3.94. The lowest BCUT2D eigenvalue weighted by Gasteiger charge is -2.17. The Morgan fingerprint density at radius 1 is 1.53 bits per heavy atom. The molecule has 1 atom stereocenters. The van der Waals surface area contributed by atoms with E-state index in [1.54, 1.807) is 7.05 Å². The summed E-state index contributed by atoms with van der Waals surface area (Å²) >= 11 is 0. The highest BCUT2D eigenvalue weighted by atomic mass is 16.5. The van der Waals surface area contributed by atoms with Crippen molar-refractivity contribution in [3.05, 3.63) is 29.8 Å². The van der Waals surface area contributed by atoms with Crippen molar-refractivity contribution < 1.29 is 14.6 Å². The maximum absolute atomic E-state index is 11.2. The number of likely N-dealkylation sites (N-methyl/N-ethyl adjacent to an activating group) is 1. The number of rotatable bonds is 5. The lowest BCUT2D eigenvalue weighted by molar-refractivity contribution is -0.122.